The van der Waals surface area contributed by atoms with Gasteiger partial charge in [-0.1, -0.05) is 23.2 Å². The predicted octanol–water partition coefficient (Wildman–Crippen LogP) is 2.26. The van der Waals surface area contributed by atoms with E-state index in [0.29, 0.717) is 28.3 Å². The average Bonchev–Trinajstić information content (AvgIpc) is 2.43. The Hall–Kier alpha value is -0.880. The van der Waals surface area contributed by atoms with Crippen LogP contribution in [-0.2, 0) is 4.79 Å². The molecule has 2 N–H and O–H groups in total. The number of aromatic nitrogens is 1. The number of rotatable bonds is 5. The Labute approximate surface area is 135 Å². The summed E-state index contributed by atoms with van der Waals surface area (Å²) >= 11 is 11.8. The summed E-state index contributed by atoms with van der Waals surface area (Å²) in [6.07, 6.45) is 3.87. The Kier molecular flexibility index (Phi) is 6.23. The minimum absolute atomic E-state index is 0.127. The molecule has 2 rings (SSSR count). The third kappa shape index (κ3) is 5.43. The summed E-state index contributed by atoms with van der Waals surface area (Å²) in [5, 5.41) is 6.87. The molecule has 1 saturated heterocycles. The van der Waals surface area contributed by atoms with Crippen LogP contribution in [-0.4, -0.2) is 49.0 Å². The van der Waals surface area contributed by atoms with Crippen molar-refractivity contribution < 1.29 is 4.79 Å². The molecule has 7 heteroatoms. The van der Waals surface area contributed by atoms with Crippen molar-refractivity contribution in [3.8, 4) is 0 Å². The zero-order valence-electron chi connectivity index (χ0n) is 12.0. The number of hydrogen-bond donors (Lipinski definition) is 2. The first kappa shape index (κ1) is 16.5. The smallest absolute Gasteiger partial charge is 0.239 e. The molecule has 1 aliphatic rings. The molecule has 21 heavy (non-hydrogen) atoms. The molecular weight excluding hydrogens is 311 g/mol. The van der Waals surface area contributed by atoms with Gasteiger partial charge in [-0.25, -0.2) is 4.98 Å². The fraction of sp³-hybridized carbons (Fsp3) is 0.571. The Bertz CT molecular complexity index is 492. The molecule has 0 aliphatic carbocycles. The Balaban J connectivity index is 1.80. The van der Waals surface area contributed by atoms with Gasteiger partial charge in [-0.3, -0.25) is 9.69 Å². The lowest BCUT2D eigenvalue weighted by molar-refractivity contribution is -0.117. The highest BCUT2D eigenvalue weighted by Gasteiger charge is 2.17. The summed E-state index contributed by atoms with van der Waals surface area (Å²) in [7, 11) is 1.95. The maximum absolute atomic E-state index is 12.0. The number of carbonyl (C=O) groups is 1. The van der Waals surface area contributed by atoms with E-state index in [-0.39, 0.29) is 5.91 Å². The van der Waals surface area contributed by atoms with E-state index in [0.717, 1.165) is 19.6 Å². The first-order valence-electron chi connectivity index (χ1n) is 7.04. The van der Waals surface area contributed by atoms with Crippen LogP contribution >= 0.6 is 23.2 Å². The van der Waals surface area contributed by atoms with Crippen LogP contribution in [0.15, 0.2) is 12.3 Å². The summed E-state index contributed by atoms with van der Waals surface area (Å²) in [4.78, 5) is 18.0. The van der Waals surface area contributed by atoms with E-state index in [4.69, 9.17) is 23.2 Å². The summed E-state index contributed by atoms with van der Waals surface area (Å²) in [6.45, 7) is 3.34. The van der Waals surface area contributed by atoms with Gasteiger partial charge in [0.05, 0.1) is 16.6 Å². The zero-order chi connectivity index (χ0) is 15.2. The van der Waals surface area contributed by atoms with Crippen molar-refractivity contribution >= 4 is 34.9 Å². The number of nitrogens with zero attached hydrogens (tertiary/aromatic N) is 2. The monoisotopic (exact) mass is 330 g/mol. The van der Waals surface area contributed by atoms with Crippen LogP contribution in [0.1, 0.15) is 12.8 Å². The molecular formula is C14H20Cl2N4O. The maximum Gasteiger partial charge on any atom is 0.239 e. The van der Waals surface area contributed by atoms with Gasteiger partial charge in [-0.2, -0.15) is 0 Å². The van der Waals surface area contributed by atoms with Gasteiger partial charge in [-0.15, -0.1) is 0 Å². The second-order valence-electron chi connectivity index (χ2n) is 5.44. The molecule has 1 aromatic rings. The van der Waals surface area contributed by atoms with Crippen LogP contribution in [0, 0.1) is 5.92 Å². The van der Waals surface area contributed by atoms with Crippen molar-refractivity contribution in [1.29, 1.82) is 0 Å². The van der Waals surface area contributed by atoms with Crippen molar-refractivity contribution in [2.45, 2.75) is 12.8 Å². The number of hydrogen-bond acceptors (Lipinski definition) is 4. The summed E-state index contributed by atoms with van der Waals surface area (Å²) < 4.78 is 0. The lowest BCUT2D eigenvalue weighted by Crippen LogP contribution is -2.39. The first-order valence-corrected chi connectivity index (χ1v) is 7.80. The molecule has 0 saturated carbocycles. The molecule has 116 valence electrons. The van der Waals surface area contributed by atoms with Gasteiger partial charge in [0.15, 0.2) is 5.82 Å². The standard InChI is InChI=1S/C14H20Cl2N4O/c1-20(8-10-3-2-4-17-6-10)9-13(21)19-14-12(16)5-11(15)7-18-14/h5,7,10,17H,2-4,6,8-9H2,1H3,(H,18,19,21). The van der Waals surface area contributed by atoms with Gasteiger partial charge >= 0.3 is 0 Å². The largest absolute Gasteiger partial charge is 0.316 e. The van der Waals surface area contributed by atoms with Crippen molar-refractivity contribution in [3.05, 3.63) is 22.3 Å². The summed E-state index contributed by atoms with van der Waals surface area (Å²) in [6, 6.07) is 1.56. The van der Waals surface area contributed by atoms with Gasteiger partial charge in [-0.05, 0) is 45.0 Å². The van der Waals surface area contributed by atoms with Gasteiger partial charge in [0.2, 0.25) is 5.91 Å². The number of halogens is 2. The third-order valence-electron chi connectivity index (χ3n) is 3.45. The first-order chi connectivity index (χ1) is 10.0. The van der Waals surface area contributed by atoms with Gasteiger partial charge in [0.25, 0.3) is 0 Å². The molecule has 1 unspecified atom stereocenters. The number of anilines is 1. The van der Waals surface area contributed by atoms with Crippen molar-refractivity contribution in [2.75, 3.05) is 38.5 Å². The van der Waals surface area contributed by atoms with E-state index in [1.54, 1.807) is 6.07 Å². The van der Waals surface area contributed by atoms with Gasteiger partial charge in [0, 0.05) is 12.7 Å². The average molecular weight is 331 g/mol. The maximum atomic E-state index is 12.0. The fourth-order valence-corrected chi connectivity index (χ4v) is 2.94. The molecule has 0 bridgehead atoms. The molecule has 2 heterocycles. The third-order valence-corrected chi connectivity index (χ3v) is 3.94. The highest BCUT2D eigenvalue weighted by atomic mass is 35.5. The second kappa shape index (κ2) is 7.94. The second-order valence-corrected chi connectivity index (χ2v) is 6.28. The fourth-order valence-electron chi connectivity index (χ4n) is 2.51. The van der Waals surface area contributed by atoms with Crippen molar-refractivity contribution in [1.82, 2.24) is 15.2 Å². The van der Waals surface area contributed by atoms with Crippen LogP contribution < -0.4 is 10.6 Å². The molecule has 1 aromatic heterocycles. The van der Waals surface area contributed by atoms with Gasteiger partial charge < -0.3 is 10.6 Å². The van der Waals surface area contributed by atoms with Crippen LogP contribution in [0.4, 0.5) is 5.82 Å². The van der Waals surface area contributed by atoms with Crippen LogP contribution in [0.5, 0.6) is 0 Å². The van der Waals surface area contributed by atoms with E-state index in [1.165, 1.54) is 19.0 Å². The van der Waals surface area contributed by atoms with Crippen molar-refractivity contribution in [3.63, 3.8) is 0 Å². The van der Waals surface area contributed by atoms with E-state index in [2.05, 4.69) is 15.6 Å². The molecule has 5 nitrogen and oxygen atoms in total. The molecule has 1 aliphatic heterocycles. The number of amides is 1. The zero-order valence-corrected chi connectivity index (χ0v) is 13.5. The highest BCUT2D eigenvalue weighted by molar-refractivity contribution is 6.36. The summed E-state index contributed by atoms with van der Waals surface area (Å²) in [5.41, 5.74) is 0. The van der Waals surface area contributed by atoms with E-state index < -0.39 is 0 Å². The Morgan fingerprint density at radius 3 is 3.05 bits per heavy atom. The minimum Gasteiger partial charge on any atom is -0.316 e. The number of nitrogens with one attached hydrogen (secondary N) is 2. The van der Waals surface area contributed by atoms with Crippen LogP contribution in [0.25, 0.3) is 0 Å². The minimum atomic E-state index is -0.127. The normalized spacial score (nSPS) is 18.8. The number of likely N-dealkylation sites (N-methyl/N-ethyl adjacent to an activating group) is 1. The number of carbonyl (C=O) groups excluding carboxylic acids is 1. The molecule has 0 radical (unpaired) electrons. The lowest BCUT2D eigenvalue weighted by atomic mass is 9.99. The summed E-state index contributed by atoms with van der Waals surface area (Å²) in [5.74, 6) is 0.825. The highest BCUT2D eigenvalue weighted by Crippen LogP contribution is 2.22. The molecule has 0 aromatic carbocycles. The van der Waals surface area contributed by atoms with E-state index >= 15 is 0 Å². The SMILES string of the molecule is CN(CC(=O)Nc1ncc(Cl)cc1Cl)CC1CCCNC1. The molecule has 0 spiro atoms. The van der Waals surface area contributed by atoms with Gasteiger partial charge in [0.1, 0.15) is 0 Å². The van der Waals surface area contributed by atoms with Crippen molar-refractivity contribution in [2.24, 2.45) is 5.92 Å². The van der Waals surface area contributed by atoms with Crippen LogP contribution in [0.2, 0.25) is 10.0 Å². The number of pyridine rings is 1. The van der Waals surface area contributed by atoms with E-state index in [9.17, 15) is 4.79 Å². The van der Waals surface area contributed by atoms with E-state index in [1.807, 2.05) is 11.9 Å². The Morgan fingerprint density at radius 2 is 2.38 bits per heavy atom. The Morgan fingerprint density at radius 1 is 1.57 bits per heavy atom. The molecule has 1 atom stereocenters. The quantitative estimate of drug-likeness (QED) is 0.869. The molecule has 1 fully saturated rings. The molecule has 1 amide bonds. The predicted molar refractivity (Wildman–Crippen MR) is 86.0 cm³/mol. The van der Waals surface area contributed by atoms with Crippen LogP contribution in [0.3, 0.4) is 0 Å². The lowest BCUT2D eigenvalue weighted by Gasteiger charge is -2.27. The topological polar surface area (TPSA) is 57.3 Å². The number of piperidine rings is 1.